The van der Waals surface area contributed by atoms with Gasteiger partial charge in [-0.05, 0) is 24.1 Å². The minimum absolute atomic E-state index is 0.188. The van der Waals surface area contributed by atoms with E-state index in [4.69, 9.17) is 16.3 Å². The molecule has 0 fully saturated rings. The third-order valence-corrected chi connectivity index (χ3v) is 5.35. The van der Waals surface area contributed by atoms with E-state index in [1.807, 2.05) is 0 Å². The third kappa shape index (κ3) is 4.11. The highest BCUT2D eigenvalue weighted by Crippen LogP contribution is 2.28. The van der Waals surface area contributed by atoms with E-state index in [0.29, 0.717) is 18.2 Å². The van der Waals surface area contributed by atoms with Crippen molar-refractivity contribution < 1.29 is 13.2 Å². The number of alkyl halides is 1. The summed E-state index contributed by atoms with van der Waals surface area (Å²) in [5.41, 5.74) is 0.830. The molecule has 0 aliphatic rings. The lowest BCUT2D eigenvalue weighted by molar-refractivity contribution is 0.396. The van der Waals surface area contributed by atoms with Crippen molar-refractivity contribution in [3.05, 3.63) is 23.8 Å². The Kier molecular flexibility index (Phi) is 6.79. The lowest BCUT2D eigenvalue weighted by Gasteiger charge is -2.19. The number of sulfonamides is 1. The Morgan fingerprint density at radius 2 is 2.00 bits per heavy atom. The summed E-state index contributed by atoms with van der Waals surface area (Å²) in [6, 6.07) is 4.93. The number of hydrogen-bond acceptors (Lipinski definition) is 3. The van der Waals surface area contributed by atoms with Crippen molar-refractivity contribution in [2.45, 2.75) is 37.0 Å². The molecule has 114 valence electrons. The summed E-state index contributed by atoms with van der Waals surface area (Å²) in [4.78, 5) is 0.188. The molecule has 0 amide bonds. The molecule has 0 radical (unpaired) electrons. The minimum Gasteiger partial charge on any atom is -0.495 e. The Morgan fingerprint density at radius 1 is 1.30 bits per heavy atom. The third-order valence-electron chi connectivity index (χ3n) is 3.15. The first-order valence-electron chi connectivity index (χ1n) is 6.66. The van der Waals surface area contributed by atoms with Gasteiger partial charge in [0.05, 0.1) is 7.11 Å². The molecule has 20 heavy (non-hydrogen) atoms. The fourth-order valence-corrected chi connectivity index (χ4v) is 3.39. The summed E-state index contributed by atoms with van der Waals surface area (Å²) in [6.07, 6.45) is 2.93. The number of methoxy groups -OCH3 is 1. The molecule has 0 N–H and O–H groups in total. The first-order chi connectivity index (χ1) is 9.47. The van der Waals surface area contributed by atoms with E-state index in [1.165, 1.54) is 11.4 Å². The van der Waals surface area contributed by atoms with Crippen LogP contribution in [0.3, 0.4) is 0 Å². The van der Waals surface area contributed by atoms with Crippen LogP contribution in [0.15, 0.2) is 23.1 Å². The van der Waals surface area contributed by atoms with Crippen LogP contribution in [0.1, 0.15) is 31.7 Å². The molecule has 6 heteroatoms. The Morgan fingerprint density at radius 3 is 2.55 bits per heavy atom. The number of nitrogens with zero attached hydrogens (tertiary/aromatic N) is 1. The van der Waals surface area contributed by atoms with Gasteiger partial charge in [0.15, 0.2) is 0 Å². The van der Waals surface area contributed by atoms with Crippen molar-refractivity contribution >= 4 is 21.6 Å². The maximum absolute atomic E-state index is 12.5. The van der Waals surface area contributed by atoms with Crippen LogP contribution in [0.5, 0.6) is 5.75 Å². The summed E-state index contributed by atoms with van der Waals surface area (Å²) in [7, 11) is -0.463. The molecule has 0 heterocycles. The SMILES string of the molecule is CCCCCN(C)S(=O)(=O)c1ccc(CCl)cc1OC. The topological polar surface area (TPSA) is 46.6 Å². The zero-order valence-corrected chi connectivity index (χ0v) is 13.8. The van der Waals surface area contributed by atoms with Crippen molar-refractivity contribution in [2.24, 2.45) is 0 Å². The lowest BCUT2D eigenvalue weighted by Crippen LogP contribution is -2.28. The summed E-state index contributed by atoms with van der Waals surface area (Å²) >= 11 is 5.75. The molecule has 0 unspecified atom stereocenters. The van der Waals surface area contributed by atoms with E-state index >= 15 is 0 Å². The number of ether oxygens (including phenoxy) is 1. The van der Waals surface area contributed by atoms with Gasteiger partial charge in [-0.1, -0.05) is 25.8 Å². The molecule has 0 saturated heterocycles. The first-order valence-corrected chi connectivity index (χ1v) is 8.64. The number of unbranched alkanes of at least 4 members (excludes halogenated alkanes) is 2. The highest BCUT2D eigenvalue weighted by molar-refractivity contribution is 7.89. The van der Waals surface area contributed by atoms with E-state index < -0.39 is 10.0 Å². The van der Waals surface area contributed by atoms with Gasteiger partial charge in [-0.3, -0.25) is 0 Å². The molecule has 0 aromatic heterocycles. The second-order valence-corrected chi connectivity index (χ2v) is 6.93. The normalized spacial score (nSPS) is 11.8. The van der Waals surface area contributed by atoms with Crippen LogP contribution >= 0.6 is 11.6 Å². The molecule has 4 nitrogen and oxygen atoms in total. The van der Waals surface area contributed by atoms with Gasteiger partial charge in [0.1, 0.15) is 10.6 Å². The summed E-state index contributed by atoms with van der Waals surface area (Å²) in [6.45, 7) is 2.60. The van der Waals surface area contributed by atoms with Crippen molar-refractivity contribution in [3.8, 4) is 5.75 Å². The molecular formula is C14H22ClNO3S. The van der Waals surface area contributed by atoms with Gasteiger partial charge < -0.3 is 4.74 Å². The summed E-state index contributed by atoms with van der Waals surface area (Å²) in [5.74, 6) is 0.661. The second-order valence-electron chi connectivity index (χ2n) is 4.65. The quantitative estimate of drug-likeness (QED) is 0.546. The molecule has 0 saturated carbocycles. The number of hydrogen-bond donors (Lipinski definition) is 0. The lowest BCUT2D eigenvalue weighted by atomic mass is 10.2. The average molecular weight is 320 g/mol. The minimum atomic E-state index is -3.52. The molecule has 1 rings (SSSR count). The highest BCUT2D eigenvalue weighted by atomic mass is 35.5. The maximum atomic E-state index is 12.5. The second kappa shape index (κ2) is 7.86. The summed E-state index contributed by atoms with van der Waals surface area (Å²) < 4.78 is 31.6. The van der Waals surface area contributed by atoms with Crippen LogP contribution in [-0.4, -0.2) is 33.4 Å². The van der Waals surface area contributed by atoms with E-state index in [1.54, 1.807) is 25.2 Å². The average Bonchev–Trinajstić information content (AvgIpc) is 2.46. The van der Waals surface area contributed by atoms with Crippen molar-refractivity contribution in [2.75, 3.05) is 20.7 Å². The van der Waals surface area contributed by atoms with Crippen LogP contribution < -0.4 is 4.74 Å². The maximum Gasteiger partial charge on any atom is 0.246 e. The summed E-state index contributed by atoms with van der Waals surface area (Å²) in [5, 5.41) is 0. The van der Waals surface area contributed by atoms with E-state index in [2.05, 4.69) is 6.92 Å². The van der Waals surface area contributed by atoms with Crippen LogP contribution in [0.25, 0.3) is 0 Å². The predicted molar refractivity (Wildman–Crippen MR) is 81.9 cm³/mol. The van der Waals surface area contributed by atoms with E-state index in [0.717, 1.165) is 24.8 Å². The van der Waals surface area contributed by atoms with Crippen LogP contribution in [0.4, 0.5) is 0 Å². The first kappa shape index (κ1) is 17.3. The predicted octanol–water partition coefficient (Wildman–Crippen LogP) is 3.24. The molecule has 0 atom stereocenters. The Labute approximate surface area is 126 Å². The molecule has 1 aromatic carbocycles. The van der Waals surface area contributed by atoms with Gasteiger partial charge >= 0.3 is 0 Å². The van der Waals surface area contributed by atoms with Gasteiger partial charge in [0.25, 0.3) is 0 Å². The van der Waals surface area contributed by atoms with Gasteiger partial charge in [-0.25, -0.2) is 12.7 Å². The fourth-order valence-electron chi connectivity index (χ4n) is 1.88. The zero-order chi connectivity index (χ0) is 15.2. The highest BCUT2D eigenvalue weighted by Gasteiger charge is 2.24. The van der Waals surface area contributed by atoms with Crippen molar-refractivity contribution in [1.29, 1.82) is 0 Å². The van der Waals surface area contributed by atoms with Gasteiger partial charge in [0, 0.05) is 19.5 Å². The van der Waals surface area contributed by atoms with Gasteiger partial charge in [-0.2, -0.15) is 0 Å². The van der Waals surface area contributed by atoms with E-state index in [-0.39, 0.29) is 4.90 Å². The largest absolute Gasteiger partial charge is 0.495 e. The number of benzene rings is 1. The van der Waals surface area contributed by atoms with Crippen LogP contribution in [-0.2, 0) is 15.9 Å². The fraction of sp³-hybridized carbons (Fsp3) is 0.571. The molecule has 1 aromatic rings. The van der Waals surface area contributed by atoms with Gasteiger partial charge in [0.2, 0.25) is 10.0 Å². The zero-order valence-electron chi connectivity index (χ0n) is 12.2. The Hall–Kier alpha value is -0.780. The molecule has 0 aliphatic carbocycles. The molecule has 0 bridgehead atoms. The standard InChI is InChI=1S/C14H22ClNO3S/c1-4-5-6-9-16(2)20(17,18)14-8-7-12(11-15)10-13(14)19-3/h7-8,10H,4-6,9,11H2,1-3H3. The van der Waals surface area contributed by atoms with E-state index in [9.17, 15) is 8.42 Å². The van der Waals surface area contributed by atoms with Crippen molar-refractivity contribution in [1.82, 2.24) is 4.31 Å². The van der Waals surface area contributed by atoms with Crippen LogP contribution in [0.2, 0.25) is 0 Å². The monoisotopic (exact) mass is 319 g/mol. The molecular weight excluding hydrogens is 298 g/mol. The van der Waals surface area contributed by atoms with Crippen LogP contribution in [0, 0.1) is 0 Å². The molecule has 0 spiro atoms. The number of rotatable bonds is 8. The Bertz CT molecular complexity index is 531. The van der Waals surface area contributed by atoms with Crippen molar-refractivity contribution in [3.63, 3.8) is 0 Å². The smallest absolute Gasteiger partial charge is 0.246 e. The Balaban J connectivity index is 3.02. The van der Waals surface area contributed by atoms with Gasteiger partial charge in [-0.15, -0.1) is 11.6 Å². The number of halogens is 1. The molecule has 0 aliphatic heterocycles.